The number of esters is 1. The Morgan fingerprint density at radius 2 is 1.60 bits per heavy atom. The Morgan fingerprint density at radius 3 is 2.20 bits per heavy atom. The summed E-state index contributed by atoms with van der Waals surface area (Å²) in [6.07, 6.45) is 0.980. The summed E-state index contributed by atoms with van der Waals surface area (Å²) >= 11 is 0. The molecule has 2 aromatic heterocycles. The molecule has 5 heterocycles. The van der Waals surface area contributed by atoms with E-state index in [0.29, 0.717) is 54.7 Å². The Balaban J connectivity index is 1.63. The highest BCUT2D eigenvalue weighted by Crippen LogP contribution is 2.58. The molecule has 5 aromatic rings. The van der Waals surface area contributed by atoms with E-state index in [2.05, 4.69) is 14.8 Å². The van der Waals surface area contributed by atoms with Crippen LogP contribution in [0.5, 0.6) is 0 Å². The minimum atomic E-state index is -3.64. The van der Waals surface area contributed by atoms with E-state index in [-0.39, 0.29) is 30.2 Å². The Morgan fingerprint density at radius 1 is 1.00 bits per heavy atom. The van der Waals surface area contributed by atoms with Crippen molar-refractivity contribution in [2.75, 3.05) is 29.1 Å². The second kappa shape index (κ2) is 8.45. The van der Waals surface area contributed by atoms with Gasteiger partial charge in [-0.2, -0.15) is 0 Å². The maximum absolute atomic E-state index is 13.6. The number of sulfonamides is 2. The topological polar surface area (TPSA) is 187 Å². The maximum Gasteiger partial charge on any atom is 0.343 e. The van der Waals surface area contributed by atoms with Gasteiger partial charge in [-0.05, 0) is 48.9 Å². The van der Waals surface area contributed by atoms with Gasteiger partial charge >= 0.3 is 5.97 Å². The van der Waals surface area contributed by atoms with Gasteiger partial charge in [0.25, 0.3) is 5.91 Å². The normalized spacial score (nSPS) is 24.0. The molecular formula is C29H27N5O9S2. The van der Waals surface area contributed by atoms with E-state index < -0.39 is 43.6 Å². The molecule has 8 rings (SSSR count). The van der Waals surface area contributed by atoms with Crippen LogP contribution in [0.1, 0.15) is 35.5 Å². The van der Waals surface area contributed by atoms with Crippen molar-refractivity contribution < 1.29 is 41.0 Å². The minimum absolute atomic E-state index is 0.152. The second-order valence-corrected chi connectivity index (χ2v) is 15.5. The van der Waals surface area contributed by atoms with Crippen LogP contribution in [0.3, 0.4) is 0 Å². The first kappa shape index (κ1) is 28.1. The van der Waals surface area contributed by atoms with Gasteiger partial charge in [0.15, 0.2) is 5.72 Å². The molecule has 1 saturated heterocycles. The summed E-state index contributed by atoms with van der Waals surface area (Å²) in [6.45, 7) is 1.76. The van der Waals surface area contributed by atoms with Crippen molar-refractivity contribution in [3.05, 3.63) is 47.5 Å². The van der Waals surface area contributed by atoms with E-state index in [1.165, 1.54) is 7.11 Å². The van der Waals surface area contributed by atoms with Crippen molar-refractivity contribution in [2.24, 2.45) is 0 Å². The van der Waals surface area contributed by atoms with Gasteiger partial charge in [0.1, 0.15) is 6.23 Å². The number of rotatable bonds is 5. The second-order valence-electron chi connectivity index (χ2n) is 12.0. The minimum Gasteiger partial charge on any atom is -0.467 e. The van der Waals surface area contributed by atoms with E-state index in [1.807, 2.05) is 4.57 Å². The van der Waals surface area contributed by atoms with Crippen LogP contribution in [0, 0.1) is 0 Å². The van der Waals surface area contributed by atoms with Crippen molar-refractivity contribution in [1.29, 1.82) is 0 Å². The summed E-state index contributed by atoms with van der Waals surface area (Å²) in [6, 6.07) is 9.85. The van der Waals surface area contributed by atoms with Gasteiger partial charge in [-0.3, -0.25) is 14.2 Å². The third-order valence-electron chi connectivity index (χ3n) is 9.15. The molecule has 4 N–H and O–H groups in total. The average Bonchev–Trinajstić information content (AvgIpc) is 3.63. The number of amides is 1. The van der Waals surface area contributed by atoms with Crippen LogP contribution in [0.4, 0.5) is 11.4 Å². The fraction of sp³-hybridized carbons (Fsp3) is 0.310. The molecule has 14 nitrogen and oxygen atoms in total. The zero-order chi connectivity index (χ0) is 32.0. The summed E-state index contributed by atoms with van der Waals surface area (Å²) in [5.74, 6) is -1.22. The first-order valence-electron chi connectivity index (χ1n) is 13.9. The first-order chi connectivity index (χ1) is 21.1. The highest BCUT2D eigenvalue weighted by atomic mass is 32.2. The van der Waals surface area contributed by atoms with Crippen molar-refractivity contribution in [3.63, 3.8) is 0 Å². The van der Waals surface area contributed by atoms with Crippen LogP contribution in [0.15, 0.2) is 36.4 Å². The Kier molecular flexibility index (Phi) is 5.28. The number of ether oxygens (including phenoxy) is 2. The zero-order valence-electron chi connectivity index (χ0n) is 24.4. The monoisotopic (exact) mass is 653 g/mol. The van der Waals surface area contributed by atoms with Crippen LogP contribution in [-0.4, -0.2) is 68.2 Å². The molecular weight excluding hydrogens is 626 g/mol. The fourth-order valence-corrected chi connectivity index (χ4v) is 8.66. The number of hydrogen-bond acceptors (Lipinski definition) is 9. The number of aliphatic hydroxyl groups is 1. The Hall–Kier alpha value is -4.38. The number of aromatic nitrogens is 2. The number of fused-ring (bicyclic) bond motifs is 13. The average molecular weight is 654 g/mol. The predicted octanol–water partition coefficient (Wildman–Crippen LogP) is 2.40. The van der Waals surface area contributed by atoms with E-state index in [0.717, 1.165) is 12.5 Å². The van der Waals surface area contributed by atoms with Crippen LogP contribution >= 0.6 is 0 Å². The molecule has 0 radical (unpaired) electrons. The molecule has 3 unspecified atom stereocenters. The smallest absolute Gasteiger partial charge is 0.343 e. The lowest BCUT2D eigenvalue weighted by molar-refractivity contribution is -0.202. The molecule has 3 aliphatic heterocycles. The molecule has 234 valence electrons. The molecule has 3 aromatic carbocycles. The molecule has 0 saturated carbocycles. The van der Waals surface area contributed by atoms with Crippen LogP contribution in [-0.2, 0) is 46.6 Å². The summed E-state index contributed by atoms with van der Waals surface area (Å²) < 4.78 is 68.9. The highest BCUT2D eigenvalue weighted by Gasteiger charge is 2.65. The van der Waals surface area contributed by atoms with E-state index in [9.17, 15) is 31.5 Å². The number of methoxy groups -OCH3 is 1. The number of hydrogen-bond donors (Lipinski definition) is 4. The Labute approximate surface area is 256 Å². The van der Waals surface area contributed by atoms with Gasteiger partial charge in [-0.15, -0.1) is 0 Å². The van der Waals surface area contributed by atoms with E-state index >= 15 is 0 Å². The largest absolute Gasteiger partial charge is 0.467 e. The van der Waals surface area contributed by atoms with Crippen molar-refractivity contribution in [2.45, 2.75) is 37.4 Å². The molecule has 0 aliphatic carbocycles. The number of carbonyl (C=O) groups is 2. The van der Waals surface area contributed by atoms with Crippen molar-refractivity contribution in [3.8, 4) is 0 Å². The van der Waals surface area contributed by atoms with Gasteiger partial charge in [-0.25, -0.2) is 21.6 Å². The van der Waals surface area contributed by atoms with E-state index in [1.54, 1.807) is 47.9 Å². The lowest BCUT2D eigenvalue weighted by Gasteiger charge is -2.37. The standard InChI is InChI=1S/C29H27N5O9S2/c1-28-29(37,27(36)42-2)11-20(43-28)33-18-7-5-13(31-44(3,38)39)9-15(18)22-23-17(12-30-26(23)35)21-16-10-14(32-45(4,40)41)6-8-19(16)34(28)25(21)24(22)33/h5-10,20,31-32,37H,11-12H2,1-4H3,(H,30,35). The number of nitrogens with zero attached hydrogens (tertiary/aromatic N) is 2. The number of benzene rings is 3. The van der Waals surface area contributed by atoms with E-state index in [4.69, 9.17) is 9.47 Å². The van der Waals surface area contributed by atoms with Gasteiger partial charge < -0.3 is 29.0 Å². The molecule has 45 heavy (non-hydrogen) atoms. The molecule has 16 heteroatoms. The molecule has 0 spiro atoms. The SMILES string of the molecule is COC(=O)C1(O)CC2OC1(C)n1c3ccc(NS(C)(=O)=O)cc3c3c4c(c5c6cc(NS(C)(=O)=O)ccc6n2c5c31)C(=O)NC4. The highest BCUT2D eigenvalue weighted by molar-refractivity contribution is 7.92. The molecule has 3 aliphatic rings. The van der Waals surface area contributed by atoms with Crippen LogP contribution in [0.25, 0.3) is 43.6 Å². The van der Waals surface area contributed by atoms with Gasteiger partial charge in [0.2, 0.25) is 25.6 Å². The summed E-state index contributed by atoms with van der Waals surface area (Å²) in [4.78, 5) is 27.0. The van der Waals surface area contributed by atoms with Gasteiger partial charge in [0.05, 0.1) is 47.3 Å². The van der Waals surface area contributed by atoms with Gasteiger partial charge in [-0.1, -0.05) is 0 Å². The van der Waals surface area contributed by atoms with Gasteiger partial charge in [0, 0.05) is 45.9 Å². The number of anilines is 2. The molecule has 1 fully saturated rings. The number of nitrogens with one attached hydrogen (secondary N) is 3. The third kappa shape index (κ3) is 3.55. The molecule has 3 atom stereocenters. The Bertz CT molecular complexity index is 2470. The van der Waals surface area contributed by atoms with Crippen LogP contribution < -0.4 is 14.8 Å². The lowest BCUT2D eigenvalue weighted by Crippen LogP contribution is -2.56. The van der Waals surface area contributed by atoms with Crippen molar-refractivity contribution in [1.82, 2.24) is 14.5 Å². The van der Waals surface area contributed by atoms with Crippen LogP contribution in [0.2, 0.25) is 0 Å². The lowest BCUT2D eigenvalue weighted by atomic mass is 9.88. The summed E-state index contributed by atoms with van der Waals surface area (Å²) in [5.41, 5.74) is -0.0569. The predicted molar refractivity (Wildman–Crippen MR) is 166 cm³/mol. The fourth-order valence-electron chi connectivity index (χ4n) is 7.55. The summed E-state index contributed by atoms with van der Waals surface area (Å²) in [7, 11) is -6.08. The zero-order valence-corrected chi connectivity index (χ0v) is 26.0. The number of carbonyl (C=O) groups excluding carboxylic acids is 2. The van der Waals surface area contributed by atoms with Crippen molar-refractivity contribution >= 4 is 86.9 Å². The summed E-state index contributed by atoms with van der Waals surface area (Å²) in [5, 5.41) is 17.4. The molecule has 1 amide bonds. The first-order valence-corrected chi connectivity index (χ1v) is 17.7. The third-order valence-corrected chi connectivity index (χ3v) is 10.4. The molecule has 2 bridgehead atoms. The quantitative estimate of drug-likeness (QED) is 0.207. The maximum atomic E-state index is 13.6.